The van der Waals surface area contributed by atoms with Crippen LogP contribution in [0.3, 0.4) is 0 Å². The molecule has 0 aliphatic rings. The van der Waals surface area contributed by atoms with Gasteiger partial charge < -0.3 is 10.5 Å². The van der Waals surface area contributed by atoms with Crippen LogP contribution >= 0.6 is 23.7 Å². The van der Waals surface area contributed by atoms with Crippen LogP contribution in [0, 0.1) is 0 Å². The van der Waals surface area contributed by atoms with E-state index in [1.54, 1.807) is 18.4 Å². The van der Waals surface area contributed by atoms with E-state index >= 15 is 0 Å². The molecular weight excluding hydrogens is 272 g/mol. The number of nitrogens with one attached hydrogen (secondary N) is 1. The van der Waals surface area contributed by atoms with Gasteiger partial charge in [0.1, 0.15) is 5.75 Å². The van der Waals surface area contributed by atoms with Crippen LogP contribution in [0.15, 0.2) is 15.7 Å². The maximum Gasteiger partial charge on any atom is 0.254 e. The van der Waals surface area contributed by atoms with Gasteiger partial charge in [0, 0.05) is 12.6 Å². The van der Waals surface area contributed by atoms with Gasteiger partial charge in [0.2, 0.25) is 0 Å². The molecule has 94 valence electrons. The molecule has 1 heterocycles. The van der Waals surface area contributed by atoms with Crippen LogP contribution in [0.25, 0.3) is 0 Å². The number of hydrogen-bond donors (Lipinski definition) is 2. The van der Waals surface area contributed by atoms with Crippen LogP contribution in [-0.4, -0.2) is 28.1 Å². The first kappa shape index (κ1) is 15.7. The SMILES string of the molecule is COc1ccsc1S(=O)(=O)N[C@H](C)CN.Cl. The predicted octanol–water partition coefficient (Wildman–Crippen LogP) is 0.804. The summed E-state index contributed by atoms with van der Waals surface area (Å²) in [6.45, 7) is 1.96. The lowest BCUT2D eigenvalue weighted by atomic mass is 10.4. The standard InChI is InChI=1S/C8H14N2O3S2.ClH/c1-6(5-9)10-15(11,12)8-7(13-2)3-4-14-8;/h3-4,6,10H,5,9H2,1-2H3;1H/t6-;/m1./s1. The Bertz CT molecular complexity index is 419. The molecule has 0 aliphatic carbocycles. The molecule has 0 unspecified atom stereocenters. The highest BCUT2D eigenvalue weighted by atomic mass is 35.5. The molecule has 0 saturated carbocycles. The fourth-order valence-electron chi connectivity index (χ4n) is 0.997. The highest BCUT2D eigenvalue weighted by Crippen LogP contribution is 2.29. The highest BCUT2D eigenvalue weighted by molar-refractivity contribution is 7.91. The average molecular weight is 287 g/mol. The zero-order chi connectivity index (χ0) is 11.5. The fourth-order valence-corrected chi connectivity index (χ4v) is 3.55. The van der Waals surface area contributed by atoms with E-state index in [0.717, 1.165) is 11.3 Å². The van der Waals surface area contributed by atoms with Gasteiger partial charge in [0.05, 0.1) is 7.11 Å². The summed E-state index contributed by atoms with van der Waals surface area (Å²) >= 11 is 1.12. The van der Waals surface area contributed by atoms with Crippen molar-refractivity contribution in [3.8, 4) is 5.75 Å². The lowest BCUT2D eigenvalue weighted by molar-refractivity contribution is 0.406. The van der Waals surface area contributed by atoms with E-state index in [1.165, 1.54) is 7.11 Å². The molecule has 0 saturated heterocycles. The number of rotatable bonds is 5. The number of sulfonamides is 1. The third kappa shape index (κ3) is 3.60. The zero-order valence-corrected chi connectivity index (χ0v) is 11.4. The molecule has 16 heavy (non-hydrogen) atoms. The van der Waals surface area contributed by atoms with Crippen molar-refractivity contribution in [1.82, 2.24) is 4.72 Å². The number of nitrogens with two attached hydrogens (primary N) is 1. The van der Waals surface area contributed by atoms with E-state index in [1.807, 2.05) is 0 Å². The Morgan fingerprint density at radius 1 is 1.62 bits per heavy atom. The van der Waals surface area contributed by atoms with Gasteiger partial charge in [-0.25, -0.2) is 13.1 Å². The first-order chi connectivity index (χ1) is 7.01. The zero-order valence-electron chi connectivity index (χ0n) is 8.97. The summed E-state index contributed by atoms with van der Waals surface area (Å²) in [5, 5.41) is 1.67. The predicted molar refractivity (Wildman–Crippen MR) is 67.0 cm³/mol. The summed E-state index contributed by atoms with van der Waals surface area (Å²) in [7, 11) is -2.07. The smallest absolute Gasteiger partial charge is 0.254 e. The average Bonchev–Trinajstić information content (AvgIpc) is 2.65. The van der Waals surface area contributed by atoms with Crippen LogP contribution in [0.1, 0.15) is 6.92 Å². The van der Waals surface area contributed by atoms with Crippen molar-refractivity contribution in [3.05, 3.63) is 11.4 Å². The monoisotopic (exact) mass is 286 g/mol. The summed E-state index contributed by atoms with van der Waals surface area (Å²) in [6.07, 6.45) is 0. The molecule has 1 rings (SSSR count). The Morgan fingerprint density at radius 2 is 2.25 bits per heavy atom. The van der Waals surface area contributed by atoms with Gasteiger partial charge in [-0.1, -0.05) is 0 Å². The van der Waals surface area contributed by atoms with E-state index in [-0.39, 0.29) is 29.2 Å². The van der Waals surface area contributed by atoms with Gasteiger partial charge in [0.15, 0.2) is 4.21 Å². The van der Waals surface area contributed by atoms with Gasteiger partial charge in [-0.3, -0.25) is 0 Å². The molecule has 0 aliphatic heterocycles. The number of ether oxygens (including phenoxy) is 1. The minimum atomic E-state index is -3.51. The van der Waals surface area contributed by atoms with Crippen LogP contribution in [0.5, 0.6) is 5.75 Å². The molecule has 0 fully saturated rings. The molecular formula is C8H15ClN2O3S2. The minimum absolute atomic E-state index is 0. The third-order valence-electron chi connectivity index (χ3n) is 1.77. The number of thiophene rings is 1. The van der Waals surface area contributed by atoms with Crippen molar-refractivity contribution in [1.29, 1.82) is 0 Å². The number of methoxy groups -OCH3 is 1. The van der Waals surface area contributed by atoms with Gasteiger partial charge in [-0.2, -0.15) is 0 Å². The van der Waals surface area contributed by atoms with Gasteiger partial charge in [0.25, 0.3) is 10.0 Å². The summed E-state index contributed by atoms with van der Waals surface area (Å²) in [6, 6.07) is 1.33. The van der Waals surface area contributed by atoms with Crippen LogP contribution < -0.4 is 15.2 Å². The van der Waals surface area contributed by atoms with E-state index in [9.17, 15) is 8.42 Å². The molecule has 0 bridgehead atoms. The Hall–Kier alpha value is -0.340. The molecule has 3 N–H and O–H groups in total. The second kappa shape index (κ2) is 6.41. The molecule has 1 aromatic heterocycles. The molecule has 0 spiro atoms. The van der Waals surface area contributed by atoms with Crippen molar-refractivity contribution < 1.29 is 13.2 Å². The van der Waals surface area contributed by atoms with Crippen LogP contribution in [0.4, 0.5) is 0 Å². The normalized spacial score (nSPS) is 12.9. The lowest BCUT2D eigenvalue weighted by Crippen LogP contribution is -2.37. The van der Waals surface area contributed by atoms with E-state index in [2.05, 4.69) is 4.72 Å². The van der Waals surface area contributed by atoms with Gasteiger partial charge in [-0.05, 0) is 18.4 Å². The minimum Gasteiger partial charge on any atom is -0.494 e. The van der Waals surface area contributed by atoms with Crippen LogP contribution in [0.2, 0.25) is 0 Å². The highest BCUT2D eigenvalue weighted by Gasteiger charge is 2.22. The Labute approximate surface area is 105 Å². The lowest BCUT2D eigenvalue weighted by Gasteiger charge is -2.11. The van der Waals surface area contributed by atoms with Crippen molar-refractivity contribution in [2.75, 3.05) is 13.7 Å². The fraction of sp³-hybridized carbons (Fsp3) is 0.500. The molecule has 1 aromatic rings. The topological polar surface area (TPSA) is 81.4 Å². The largest absolute Gasteiger partial charge is 0.494 e. The van der Waals surface area contributed by atoms with Crippen molar-refractivity contribution in [2.24, 2.45) is 5.73 Å². The van der Waals surface area contributed by atoms with Gasteiger partial charge in [-0.15, -0.1) is 23.7 Å². The summed E-state index contributed by atoms with van der Waals surface area (Å²) < 4.78 is 31.2. The molecule has 0 aromatic carbocycles. The van der Waals surface area contributed by atoms with Crippen molar-refractivity contribution >= 4 is 33.8 Å². The second-order valence-electron chi connectivity index (χ2n) is 3.03. The summed E-state index contributed by atoms with van der Waals surface area (Å²) in [5.41, 5.74) is 5.35. The van der Waals surface area contributed by atoms with Crippen molar-refractivity contribution in [3.63, 3.8) is 0 Å². The molecule has 8 heteroatoms. The Morgan fingerprint density at radius 3 is 2.75 bits per heavy atom. The quantitative estimate of drug-likeness (QED) is 0.839. The summed E-state index contributed by atoms with van der Waals surface area (Å²) in [5.74, 6) is 0.358. The molecule has 5 nitrogen and oxygen atoms in total. The van der Waals surface area contributed by atoms with E-state index in [0.29, 0.717) is 5.75 Å². The number of halogens is 1. The molecule has 0 radical (unpaired) electrons. The van der Waals surface area contributed by atoms with E-state index < -0.39 is 10.0 Å². The van der Waals surface area contributed by atoms with Gasteiger partial charge >= 0.3 is 0 Å². The number of hydrogen-bond acceptors (Lipinski definition) is 5. The summed E-state index contributed by atoms with van der Waals surface area (Å²) in [4.78, 5) is 0. The van der Waals surface area contributed by atoms with Crippen LogP contribution in [-0.2, 0) is 10.0 Å². The second-order valence-corrected chi connectivity index (χ2v) is 5.86. The Kier molecular flexibility index (Phi) is 6.27. The maximum atomic E-state index is 11.8. The maximum absolute atomic E-state index is 11.8. The van der Waals surface area contributed by atoms with Crippen molar-refractivity contribution in [2.45, 2.75) is 17.2 Å². The first-order valence-corrected chi connectivity index (χ1v) is 6.71. The van der Waals surface area contributed by atoms with E-state index in [4.69, 9.17) is 10.5 Å². The first-order valence-electron chi connectivity index (χ1n) is 4.35. The molecule has 0 amide bonds. The third-order valence-corrected chi connectivity index (χ3v) is 4.81. The molecule has 1 atom stereocenters. The Balaban J connectivity index is 0.00000225.